The van der Waals surface area contributed by atoms with Gasteiger partial charge in [0.2, 0.25) is 5.91 Å². The van der Waals surface area contributed by atoms with E-state index in [4.69, 9.17) is 4.74 Å². The summed E-state index contributed by atoms with van der Waals surface area (Å²) < 4.78 is 5.81. The van der Waals surface area contributed by atoms with Gasteiger partial charge in [-0.3, -0.25) is 9.79 Å². The van der Waals surface area contributed by atoms with Crippen LogP contribution in [0.4, 0.5) is 11.6 Å². The number of thiophene rings is 1. The monoisotopic (exact) mass is 462 g/mol. The number of aryl methyl sites for hydroxylation is 1. The Morgan fingerprint density at radius 3 is 2.91 bits per heavy atom. The van der Waals surface area contributed by atoms with Crippen LogP contribution < -0.4 is 5.32 Å². The molecule has 33 heavy (non-hydrogen) atoms. The van der Waals surface area contributed by atoms with Crippen LogP contribution in [0.2, 0.25) is 0 Å². The van der Waals surface area contributed by atoms with Crippen LogP contribution in [-0.4, -0.2) is 57.3 Å². The van der Waals surface area contributed by atoms with Crippen molar-refractivity contribution in [2.75, 3.05) is 18.4 Å². The summed E-state index contributed by atoms with van der Waals surface area (Å²) >= 11 is 1.69. The third kappa shape index (κ3) is 3.79. The number of carbonyl (C=O) groups excluding carboxylic acids is 1. The molecule has 6 rings (SSSR count). The molecule has 1 amide bonds. The van der Waals surface area contributed by atoms with Gasteiger partial charge in [-0.15, -0.1) is 11.3 Å². The Bertz CT molecular complexity index is 1260. The van der Waals surface area contributed by atoms with Crippen molar-refractivity contribution in [1.29, 1.82) is 0 Å². The van der Waals surface area contributed by atoms with Gasteiger partial charge >= 0.3 is 0 Å². The highest BCUT2D eigenvalue weighted by molar-refractivity contribution is 7.19. The van der Waals surface area contributed by atoms with Crippen molar-refractivity contribution < 1.29 is 9.53 Å². The Morgan fingerprint density at radius 1 is 1.21 bits per heavy atom. The van der Waals surface area contributed by atoms with Gasteiger partial charge in [0.25, 0.3) is 0 Å². The van der Waals surface area contributed by atoms with E-state index < -0.39 is 0 Å². The molecule has 0 spiro atoms. The van der Waals surface area contributed by atoms with Crippen LogP contribution in [0.5, 0.6) is 0 Å². The highest BCUT2D eigenvalue weighted by atomic mass is 32.1. The zero-order valence-corrected chi connectivity index (χ0v) is 19.6. The number of aromatic nitrogens is 3. The number of amides is 1. The van der Waals surface area contributed by atoms with Crippen molar-refractivity contribution in [3.63, 3.8) is 0 Å². The van der Waals surface area contributed by atoms with Gasteiger partial charge in [0.1, 0.15) is 22.8 Å². The first-order valence-corrected chi connectivity index (χ1v) is 12.3. The predicted molar refractivity (Wildman–Crippen MR) is 128 cm³/mol. The molecule has 170 valence electrons. The molecule has 2 aliphatic heterocycles. The number of nitrogens with one attached hydrogen (secondary N) is 1. The molecule has 1 aliphatic carbocycles. The Kier molecular flexibility index (Phi) is 5.10. The molecular formula is C24H26N6O2S. The van der Waals surface area contributed by atoms with Crippen LogP contribution in [0, 0.1) is 5.92 Å². The van der Waals surface area contributed by atoms with E-state index in [2.05, 4.69) is 25.3 Å². The smallest absolute Gasteiger partial charge is 0.226 e. The van der Waals surface area contributed by atoms with Gasteiger partial charge in [-0.25, -0.2) is 15.0 Å². The van der Waals surface area contributed by atoms with Crippen LogP contribution >= 0.6 is 11.3 Å². The molecule has 9 heteroatoms. The molecule has 3 aliphatic rings. The molecule has 0 radical (unpaired) electrons. The van der Waals surface area contributed by atoms with Gasteiger partial charge in [0, 0.05) is 47.4 Å². The first kappa shape index (κ1) is 20.7. The summed E-state index contributed by atoms with van der Waals surface area (Å²) in [6.07, 6.45) is 8.00. The van der Waals surface area contributed by atoms with E-state index in [-0.39, 0.29) is 24.0 Å². The summed E-state index contributed by atoms with van der Waals surface area (Å²) in [6, 6.07) is 2.01. The summed E-state index contributed by atoms with van der Waals surface area (Å²) in [5.41, 5.74) is 3.51. The van der Waals surface area contributed by atoms with Crippen LogP contribution in [0.3, 0.4) is 0 Å². The summed E-state index contributed by atoms with van der Waals surface area (Å²) in [7, 11) is 0. The van der Waals surface area contributed by atoms with E-state index in [1.165, 1.54) is 10.4 Å². The third-order valence-corrected chi connectivity index (χ3v) is 7.85. The number of pyridine rings is 1. The van der Waals surface area contributed by atoms with Crippen molar-refractivity contribution in [1.82, 2.24) is 19.9 Å². The molecule has 5 heterocycles. The van der Waals surface area contributed by atoms with Crippen molar-refractivity contribution in [2.24, 2.45) is 10.9 Å². The van der Waals surface area contributed by atoms with Crippen molar-refractivity contribution in [2.45, 2.75) is 51.9 Å². The Hall–Kier alpha value is -2.91. The van der Waals surface area contributed by atoms with E-state index in [1.807, 2.05) is 37.2 Å². The van der Waals surface area contributed by atoms with Gasteiger partial charge in [-0.05, 0) is 44.7 Å². The van der Waals surface area contributed by atoms with Crippen molar-refractivity contribution >= 4 is 45.3 Å². The average Bonchev–Trinajstić information content (AvgIpc) is 3.41. The third-order valence-electron chi connectivity index (χ3n) is 6.69. The number of hydrogen-bond donors (Lipinski definition) is 1. The zero-order valence-electron chi connectivity index (χ0n) is 18.7. The molecule has 8 nitrogen and oxygen atoms in total. The number of nitrogens with zero attached hydrogens (tertiary/aromatic N) is 5. The summed E-state index contributed by atoms with van der Waals surface area (Å²) in [5.74, 6) is 1.81. The highest BCUT2D eigenvalue weighted by Gasteiger charge is 2.34. The van der Waals surface area contributed by atoms with E-state index >= 15 is 0 Å². The van der Waals surface area contributed by atoms with E-state index in [9.17, 15) is 4.79 Å². The van der Waals surface area contributed by atoms with E-state index in [0.717, 1.165) is 52.2 Å². The number of anilines is 2. The molecule has 3 aromatic heterocycles. The summed E-state index contributed by atoms with van der Waals surface area (Å²) in [6.45, 7) is 6.13. The molecule has 3 atom stereocenters. The largest absolute Gasteiger partial charge is 0.372 e. The molecule has 1 N–H and O–H groups in total. The fourth-order valence-electron chi connectivity index (χ4n) is 5.22. The van der Waals surface area contributed by atoms with Crippen LogP contribution in [0.1, 0.15) is 41.8 Å². The molecule has 1 saturated heterocycles. The van der Waals surface area contributed by atoms with Crippen molar-refractivity contribution in [3.8, 4) is 0 Å². The fourth-order valence-corrected chi connectivity index (χ4v) is 6.48. The van der Waals surface area contributed by atoms with E-state index in [0.29, 0.717) is 19.6 Å². The Labute approximate surface area is 196 Å². The first-order chi connectivity index (χ1) is 16.0. The molecule has 0 bridgehead atoms. The maximum atomic E-state index is 13.3. The van der Waals surface area contributed by atoms with Gasteiger partial charge in [0.15, 0.2) is 0 Å². The number of fused-ring (bicyclic) bond motifs is 4. The van der Waals surface area contributed by atoms with Crippen molar-refractivity contribution in [3.05, 3.63) is 40.2 Å². The lowest BCUT2D eigenvalue weighted by atomic mass is 9.86. The molecule has 3 aromatic rings. The van der Waals surface area contributed by atoms with Crippen LogP contribution in [0.25, 0.3) is 10.2 Å². The lowest BCUT2D eigenvalue weighted by Crippen LogP contribution is -2.50. The quantitative estimate of drug-likeness (QED) is 0.640. The second-order valence-corrected chi connectivity index (χ2v) is 10.3. The zero-order chi connectivity index (χ0) is 22.5. The highest BCUT2D eigenvalue weighted by Crippen LogP contribution is 2.41. The lowest BCUT2D eigenvalue weighted by Gasteiger charge is -2.37. The maximum Gasteiger partial charge on any atom is 0.226 e. The second-order valence-electron chi connectivity index (χ2n) is 9.21. The average molecular weight is 463 g/mol. The minimum absolute atomic E-state index is 0.0186. The van der Waals surface area contributed by atoms with Crippen LogP contribution in [-0.2, 0) is 28.9 Å². The summed E-state index contributed by atoms with van der Waals surface area (Å²) in [4.78, 5) is 35.4. The molecule has 0 aromatic carbocycles. The number of ether oxygens (including phenoxy) is 1. The Morgan fingerprint density at radius 2 is 2.06 bits per heavy atom. The SMILES string of the molecule is C[C@@H]1CN(C(=O)[C@H]2CCc3c(sc4ncnc(Nc5cc6c(cn5)CN=C6)c34)C2)C[C@H](C)O1. The van der Waals surface area contributed by atoms with Gasteiger partial charge < -0.3 is 15.0 Å². The number of aliphatic imine (C=N–C) groups is 1. The summed E-state index contributed by atoms with van der Waals surface area (Å²) in [5, 5.41) is 4.46. The fraction of sp³-hybridized carbons (Fsp3) is 0.458. The molecule has 0 unspecified atom stereocenters. The molecule has 0 saturated carbocycles. The topological polar surface area (TPSA) is 92.6 Å². The first-order valence-electron chi connectivity index (χ1n) is 11.5. The standard InChI is InChI=1S/C24H26N6O2S/c1-13-10-30(11-14(2)32-13)24(31)15-3-4-18-19(5-15)33-23-21(18)22(27-12-28-23)29-20-6-16-7-25-8-17(16)9-26-20/h6-7,9,12-15H,3-5,8,10-11H2,1-2H3,(H,26,27,28,29)/t13-,14+,15-/m0/s1. The predicted octanol–water partition coefficient (Wildman–Crippen LogP) is 3.50. The molecular weight excluding hydrogens is 436 g/mol. The number of rotatable bonds is 3. The molecule has 1 fully saturated rings. The number of carbonyl (C=O) groups is 1. The number of morpholine rings is 1. The minimum atomic E-state index is 0.0186. The number of hydrogen-bond acceptors (Lipinski definition) is 8. The van der Waals surface area contributed by atoms with Crippen LogP contribution in [0.15, 0.2) is 23.6 Å². The Balaban J connectivity index is 1.26. The van der Waals surface area contributed by atoms with Gasteiger partial charge in [0.05, 0.1) is 24.1 Å². The second kappa shape index (κ2) is 8.14. The van der Waals surface area contributed by atoms with Gasteiger partial charge in [-0.2, -0.15) is 0 Å². The lowest BCUT2D eigenvalue weighted by molar-refractivity contribution is -0.147. The minimum Gasteiger partial charge on any atom is -0.372 e. The normalized spacial score (nSPS) is 24.1. The van der Waals surface area contributed by atoms with E-state index in [1.54, 1.807) is 17.7 Å². The maximum absolute atomic E-state index is 13.3. The van der Waals surface area contributed by atoms with Gasteiger partial charge in [-0.1, -0.05) is 0 Å².